The minimum atomic E-state index is -0.369. The Morgan fingerprint density at radius 3 is 2.72 bits per heavy atom. The van der Waals surface area contributed by atoms with E-state index >= 15 is 0 Å². The van der Waals surface area contributed by atoms with Gasteiger partial charge in [-0.3, -0.25) is 4.79 Å². The third-order valence-corrected chi connectivity index (χ3v) is 4.66. The third kappa shape index (κ3) is 5.40. The first-order valence-corrected chi connectivity index (χ1v) is 9.31. The molecule has 0 bridgehead atoms. The van der Waals surface area contributed by atoms with Crippen LogP contribution in [0.2, 0.25) is 10.0 Å². The normalized spacial score (nSPS) is 10.7. The summed E-state index contributed by atoms with van der Waals surface area (Å²) in [6, 6.07) is 14.1. The molecule has 0 fully saturated rings. The van der Waals surface area contributed by atoms with E-state index in [9.17, 15) is 4.79 Å². The minimum absolute atomic E-state index is 0.303. The van der Waals surface area contributed by atoms with Crippen molar-refractivity contribution in [2.75, 3.05) is 23.5 Å². The highest BCUT2D eigenvalue weighted by Gasteiger charge is 2.08. The number of benzene rings is 2. The summed E-state index contributed by atoms with van der Waals surface area (Å²) in [6.45, 7) is 0. The summed E-state index contributed by atoms with van der Waals surface area (Å²) in [5, 5.41) is 6.52. The zero-order valence-corrected chi connectivity index (χ0v) is 17.0. The summed E-state index contributed by atoms with van der Waals surface area (Å²) in [5.74, 6) is 0.951. The number of nitrogens with zero attached hydrogens (tertiary/aromatic N) is 1. The van der Waals surface area contributed by atoms with Gasteiger partial charge in [-0.25, -0.2) is 4.98 Å². The van der Waals surface area contributed by atoms with Crippen molar-refractivity contribution in [1.82, 2.24) is 4.98 Å². The summed E-state index contributed by atoms with van der Waals surface area (Å²) in [4.78, 5) is 16.6. The van der Waals surface area contributed by atoms with Crippen LogP contribution in [0.1, 0.15) is 5.56 Å². The molecule has 6 nitrogen and oxygen atoms in total. The molecule has 0 atom stereocenters. The Morgan fingerprint density at radius 2 is 1.93 bits per heavy atom. The largest absolute Gasteiger partial charge is 0.497 e. The Kier molecular flexibility index (Phi) is 6.59. The standard InChI is InChI=1S/C21H18Cl2N4O2/c1-29-15-6-2-5-14(10-15)26-21-13(4-3-9-25-21)7-8-20(28)27-19-12-17(23)16(22)11-18(19)24/h2-12H,24H2,1H3,(H,25,26)(H,27,28)/b8-7+. The van der Waals surface area contributed by atoms with E-state index in [1.807, 2.05) is 30.3 Å². The van der Waals surface area contributed by atoms with Crippen LogP contribution in [0, 0.1) is 0 Å². The first-order chi connectivity index (χ1) is 14.0. The average molecular weight is 429 g/mol. The van der Waals surface area contributed by atoms with Gasteiger partial charge in [-0.05, 0) is 42.5 Å². The van der Waals surface area contributed by atoms with Crippen LogP contribution >= 0.6 is 23.2 Å². The van der Waals surface area contributed by atoms with Crippen LogP contribution in [0.3, 0.4) is 0 Å². The Hall–Kier alpha value is -3.22. The minimum Gasteiger partial charge on any atom is -0.497 e. The van der Waals surface area contributed by atoms with Crippen molar-refractivity contribution in [3.8, 4) is 5.75 Å². The summed E-state index contributed by atoms with van der Waals surface area (Å²) in [5.41, 5.74) is 8.11. The Morgan fingerprint density at radius 1 is 1.14 bits per heavy atom. The maximum absolute atomic E-state index is 12.3. The molecule has 1 amide bonds. The zero-order valence-electron chi connectivity index (χ0n) is 15.4. The number of nitrogens with two attached hydrogens (primary N) is 1. The number of carbonyl (C=O) groups is 1. The van der Waals surface area contributed by atoms with E-state index in [4.69, 9.17) is 33.7 Å². The lowest BCUT2D eigenvalue weighted by Crippen LogP contribution is -2.09. The fourth-order valence-electron chi connectivity index (χ4n) is 2.50. The Labute approximate surface area is 178 Å². The van der Waals surface area contributed by atoms with E-state index < -0.39 is 0 Å². The predicted molar refractivity (Wildman–Crippen MR) is 119 cm³/mol. The van der Waals surface area contributed by atoms with Gasteiger partial charge < -0.3 is 21.1 Å². The van der Waals surface area contributed by atoms with Crippen LogP contribution in [0.25, 0.3) is 6.08 Å². The lowest BCUT2D eigenvalue weighted by atomic mass is 10.2. The molecule has 0 spiro atoms. The number of nitrogens with one attached hydrogen (secondary N) is 2. The second-order valence-electron chi connectivity index (χ2n) is 5.97. The van der Waals surface area contributed by atoms with Gasteiger partial charge in [0.05, 0.1) is 28.5 Å². The summed E-state index contributed by atoms with van der Waals surface area (Å²) in [7, 11) is 1.60. The highest BCUT2D eigenvalue weighted by Crippen LogP contribution is 2.30. The number of methoxy groups -OCH3 is 1. The molecule has 0 saturated heterocycles. The molecule has 1 heterocycles. The van der Waals surface area contributed by atoms with Crippen LogP contribution < -0.4 is 21.1 Å². The summed E-state index contributed by atoms with van der Waals surface area (Å²) < 4.78 is 5.23. The number of amides is 1. The quantitative estimate of drug-likeness (QED) is 0.362. The molecule has 4 N–H and O–H groups in total. The van der Waals surface area contributed by atoms with Crippen molar-refractivity contribution in [1.29, 1.82) is 0 Å². The number of nitrogen functional groups attached to an aromatic ring is 1. The number of rotatable bonds is 6. The van der Waals surface area contributed by atoms with Crippen LogP contribution in [-0.4, -0.2) is 18.0 Å². The van der Waals surface area contributed by atoms with Crippen molar-refractivity contribution in [3.63, 3.8) is 0 Å². The van der Waals surface area contributed by atoms with Crippen LogP contribution in [0.4, 0.5) is 22.9 Å². The molecule has 1 aromatic heterocycles. The Balaban J connectivity index is 1.75. The number of aromatic nitrogens is 1. The molecule has 0 aliphatic heterocycles. The fraction of sp³-hybridized carbons (Fsp3) is 0.0476. The lowest BCUT2D eigenvalue weighted by Gasteiger charge is -2.10. The van der Waals surface area contributed by atoms with Crippen molar-refractivity contribution < 1.29 is 9.53 Å². The van der Waals surface area contributed by atoms with Gasteiger partial charge in [0, 0.05) is 29.6 Å². The number of hydrogen-bond donors (Lipinski definition) is 3. The molecule has 2 aromatic carbocycles. The van der Waals surface area contributed by atoms with E-state index in [1.165, 1.54) is 18.2 Å². The van der Waals surface area contributed by atoms with Gasteiger partial charge in [0.2, 0.25) is 5.91 Å². The summed E-state index contributed by atoms with van der Waals surface area (Å²) in [6.07, 6.45) is 4.70. The molecule has 0 aliphatic carbocycles. The second-order valence-corrected chi connectivity index (χ2v) is 6.79. The highest BCUT2D eigenvalue weighted by atomic mass is 35.5. The van der Waals surface area contributed by atoms with Crippen molar-refractivity contribution in [2.24, 2.45) is 0 Å². The molecule has 3 aromatic rings. The molecule has 0 radical (unpaired) electrons. The molecule has 0 aliphatic rings. The fourth-order valence-corrected chi connectivity index (χ4v) is 2.84. The molecule has 148 valence electrons. The second kappa shape index (κ2) is 9.32. The van der Waals surface area contributed by atoms with E-state index in [1.54, 1.807) is 25.4 Å². The highest BCUT2D eigenvalue weighted by molar-refractivity contribution is 6.42. The van der Waals surface area contributed by atoms with Gasteiger partial charge in [-0.1, -0.05) is 29.3 Å². The van der Waals surface area contributed by atoms with E-state index in [2.05, 4.69) is 15.6 Å². The van der Waals surface area contributed by atoms with Gasteiger partial charge in [0.1, 0.15) is 11.6 Å². The monoisotopic (exact) mass is 428 g/mol. The van der Waals surface area contributed by atoms with E-state index in [0.717, 1.165) is 17.0 Å². The van der Waals surface area contributed by atoms with Crippen molar-refractivity contribution in [2.45, 2.75) is 0 Å². The first kappa shape index (κ1) is 20.5. The average Bonchev–Trinajstić information content (AvgIpc) is 2.71. The molecule has 0 unspecified atom stereocenters. The Bertz CT molecular complexity index is 1070. The van der Waals surface area contributed by atoms with Crippen LogP contribution in [0.5, 0.6) is 5.75 Å². The number of hydrogen-bond acceptors (Lipinski definition) is 5. The molecule has 0 saturated carbocycles. The van der Waals surface area contributed by atoms with Crippen molar-refractivity contribution >= 4 is 58.1 Å². The topological polar surface area (TPSA) is 89.3 Å². The number of anilines is 4. The first-order valence-electron chi connectivity index (χ1n) is 8.56. The number of ether oxygens (including phenoxy) is 1. The number of halogens is 2. The zero-order chi connectivity index (χ0) is 20.8. The number of pyridine rings is 1. The maximum Gasteiger partial charge on any atom is 0.248 e. The lowest BCUT2D eigenvalue weighted by molar-refractivity contribution is -0.111. The molecular weight excluding hydrogens is 411 g/mol. The van der Waals surface area contributed by atoms with Gasteiger partial charge in [0.25, 0.3) is 0 Å². The summed E-state index contributed by atoms with van der Waals surface area (Å²) >= 11 is 11.9. The van der Waals surface area contributed by atoms with Gasteiger partial charge in [-0.15, -0.1) is 0 Å². The van der Waals surface area contributed by atoms with Gasteiger partial charge in [-0.2, -0.15) is 0 Å². The smallest absolute Gasteiger partial charge is 0.248 e. The molecule has 3 rings (SSSR count). The molecular formula is C21H18Cl2N4O2. The van der Waals surface area contributed by atoms with Gasteiger partial charge in [0.15, 0.2) is 0 Å². The third-order valence-electron chi connectivity index (χ3n) is 3.94. The number of carbonyl (C=O) groups excluding carboxylic acids is 1. The van der Waals surface area contributed by atoms with Crippen molar-refractivity contribution in [3.05, 3.63) is 76.4 Å². The van der Waals surface area contributed by atoms with E-state index in [-0.39, 0.29) is 5.91 Å². The molecule has 8 heteroatoms. The SMILES string of the molecule is COc1cccc(Nc2ncccc2/C=C/C(=O)Nc2cc(Cl)c(Cl)cc2N)c1. The predicted octanol–water partition coefficient (Wildman–Crippen LogP) is 5.37. The van der Waals surface area contributed by atoms with E-state index in [0.29, 0.717) is 27.2 Å². The van der Waals surface area contributed by atoms with Gasteiger partial charge >= 0.3 is 0 Å². The van der Waals surface area contributed by atoms with Crippen LogP contribution in [0.15, 0.2) is 60.8 Å². The molecule has 29 heavy (non-hydrogen) atoms. The maximum atomic E-state index is 12.3. The van der Waals surface area contributed by atoms with Crippen LogP contribution in [-0.2, 0) is 4.79 Å².